The summed E-state index contributed by atoms with van der Waals surface area (Å²) in [6.45, 7) is 2.59. The van der Waals surface area contributed by atoms with Crippen molar-refractivity contribution in [1.82, 2.24) is 20.4 Å². The zero-order chi connectivity index (χ0) is 19.7. The monoisotopic (exact) mass is 386 g/mol. The Morgan fingerprint density at radius 2 is 2.25 bits per heavy atom. The predicted octanol–water partition coefficient (Wildman–Crippen LogP) is 1.69. The summed E-state index contributed by atoms with van der Waals surface area (Å²) in [4.78, 5) is 26.5. The second kappa shape index (κ2) is 7.71. The zero-order valence-electron chi connectivity index (χ0n) is 15.8. The molecule has 0 aliphatic carbocycles. The summed E-state index contributed by atoms with van der Waals surface area (Å²) in [6.07, 6.45) is 2.44. The van der Waals surface area contributed by atoms with E-state index in [0.29, 0.717) is 24.4 Å². The number of aromatic amines is 1. The number of fused-ring (bicyclic) bond motifs is 1. The molecule has 3 heterocycles. The molecule has 2 aliphatic rings. The van der Waals surface area contributed by atoms with Gasteiger partial charge >= 0.3 is 5.97 Å². The van der Waals surface area contributed by atoms with E-state index in [2.05, 4.69) is 15.5 Å². The molecule has 1 aromatic carbocycles. The van der Waals surface area contributed by atoms with Gasteiger partial charge < -0.3 is 15.0 Å². The van der Waals surface area contributed by atoms with Crippen molar-refractivity contribution in [3.63, 3.8) is 0 Å². The van der Waals surface area contributed by atoms with Crippen molar-refractivity contribution in [1.29, 1.82) is 0 Å². The van der Waals surface area contributed by atoms with E-state index >= 15 is 0 Å². The number of halogens is 1. The second-order valence-corrected chi connectivity index (χ2v) is 7.37. The van der Waals surface area contributed by atoms with Gasteiger partial charge in [0.15, 0.2) is 5.69 Å². The molecule has 1 atom stereocenters. The first-order chi connectivity index (χ1) is 13.6. The van der Waals surface area contributed by atoms with Crippen LogP contribution in [0.15, 0.2) is 18.2 Å². The molecular weight excluding hydrogens is 363 g/mol. The molecule has 1 unspecified atom stereocenters. The lowest BCUT2D eigenvalue weighted by Gasteiger charge is -2.27. The number of carbonyl (C=O) groups excluding carboxylic acids is 2. The Balaban J connectivity index is 1.55. The summed E-state index contributed by atoms with van der Waals surface area (Å²) in [5.41, 5.74) is 2.68. The molecule has 0 bridgehead atoms. The third-order valence-electron chi connectivity index (χ3n) is 5.55. The van der Waals surface area contributed by atoms with Gasteiger partial charge in [-0.25, -0.2) is 9.18 Å². The normalized spacial score (nSPS) is 18.8. The first kappa shape index (κ1) is 18.6. The first-order valence-electron chi connectivity index (χ1n) is 9.49. The Morgan fingerprint density at radius 3 is 3.00 bits per heavy atom. The molecule has 28 heavy (non-hydrogen) atoms. The highest BCUT2D eigenvalue weighted by Gasteiger charge is 2.30. The smallest absolute Gasteiger partial charge is 0.358 e. The molecule has 2 aromatic rings. The number of hydrogen-bond acceptors (Lipinski definition) is 5. The van der Waals surface area contributed by atoms with Crippen LogP contribution in [0.25, 0.3) is 0 Å². The van der Waals surface area contributed by atoms with E-state index in [0.717, 1.165) is 37.2 Å². The minimum absolute atomic E-state index is 0.0787. The van der Waals surface area contributed by atoms with Crippen molar-refractivity contribution in [2.45, 2.75) is 25.8 Å². The van der Waals surface area contributed by atoms with Crippen LogP contribution in [0.3, 0.4) is 0 Å². The summed E-state index contributed by atoms with van der Waals surface area (Å²) in [7, 11) is 1.29. The molecule has 1 fully saturated rings. The van der Waals surface area contributed by atoms with Crippen LogP contribution in [0.2, 0.25) is 0 Å². The Labute approximate surface area is 162 Å². The maximum Gasteiger partial charge on any atom is 0.358 e. The number of nitrogens with zero attached hydrogens (tertiary/aromatic N) is 2. The lowest BCUT2D eigenvalue weighted by molar-refractivity contribution is 0.0586. The van der Waals surface area contributed by atoms with Crippen LogP contribution in [-0.4, -0.2) is 53.7 Å². The summed E-state index contributed by atoms with van der Waals surface area (Å²) >= 11 is 0. The van der Waals surface area contributed by atoms with Crippen molar-refractivity contribution in [3.05, 3.63) is 52.1 Å². The SMILES string of the molecule is COC(=O)c1n[nH]c2c1CN(C(=O)c1cc(CC3CCNC3)ccc1F)CC2. The van der Waals surface area contributed by atoms with E-state index in [1.165, 1.54) is 13.2 Å². The van der Waals surface area contributed by atoms with Crippen LogP contribution in [0.1, 0.15) is 44.1 Å². The summed E-state index contributed by atoms with van der Waals surface area (Å²) in [6, 6.07) is 4.80. The molecular formula is C20H23FN4O3. The van der Waals surface area contributed by atoms with Gasteiger partial charge in [0.05, 0.1) is 19.2 Å². The molecule has 4 rings (SSSR count). The van der Waals surface area contributed by atoms with Gasteiger partial charge in [-0.2, -0.15) is 5.10 Å². The highest BCUT2D eigenvalue weighted by molar-refractivity contribution is 5.95. The molecule has 2 N–H and O–H groups in total. The van der Waals surface area contributed by atoms with Crippen LogP contribution < -0.4 is 5.32 Å². The Hall–Kier alpha value is -2.74. The van der Waals surface area contributed by atoms with Gasteiger partial charge in [0.25, 0.3) is 5.91 Å². The lowest BCUT2D eigenvalue weighted by Crippen LogP contribution is -2.36. The second-order valence-electron chi connectivity index (χ2n) is 7.37. The van der Waals surface area contributed by atoms with Crippen LogP contribution >= 0.6 is 0 Å². The molecule has 8 heteroatoms. The molecule has 1 amide bonds. The topological polar surface area (TPSA) is 87.3 Å². The number of rotatable bonds is 4. The van der Waals surface area contributed by atoms with E-state index in [1.807, 2.05) is 0 Å². The quantitative estimate of drug-likeness (QED) is 0.781. The number of ether oxygens (including phenoxy) is 1. The standard InChI is InChI=1S/C20H23FN4O3/c1-28-20(27)18-15-11-25(7-5-17(15)23-24-18)19(26)14-9-12(2-3-16(14)21)8-13-4-6-22-10-13/h2-3,9,13,22H,4-8,10-11H2,1H3,(H,23,24). The maximum absolute atomic E-state index is 14.4. The molecule has 148 valence electrons. The number of carbonyl (C=O) groups is 2. The third kappa shape index (κ3) is 3.52. The van der Waals surface area contributed by atoms with E-state index in [9.17, 15) is 14.0 Å². The zero-order valence-corrected chi connectivity index (χ0v) is 15.8. The van der Waals surface area contributed by atoms with Gasteiger partial charge in [-0.3, -0.25) is 9.89 Å². The molecule has 2 aliphatic heterocycles. The summed E-state index contributed by atoms with van der Waals surface area (Å²) < 4.78 is 19.2. The highest BCUT2D eigenvalue weighted by Crippen LogP contribution is 2.24. The van der Waals surface area contributed by atoms with Gasteiger partial charge in [-0.05, 0) is 49.5 Å². The molecule has 0 saturated carbocycles. The van der Waals surface area contributed by atoms with Gasteiger partial charge in [0.2, 0.25) is 0 Å². The minimum Gasteiger partial charge on any atom is -0.464 e. The molecule has 0 spiro atoms. The Bertz CT molecular complexity index is 905. The molecule has 0 radical (unpaired) electrons. The van der Waals surface area contributed by atoms with Gasteiger partial charge in [-0.15, -0.1) is 0 Å². The van der Waals surface area contributed by atoms with E-state index in [4.69, 9.17) is 4.74 Å². The van der Waals surface area contributed by atoms with Gasteiger partial charge in [0.1, 0.15) is 5.82 Å². The fourth-order valence-corrected chi connectivity index (χ4v) is 3.99. The number of methoxy groups -OCH3 is 1. The molecule has 7 nitrogen and oxygen atoms in total. The number of benzene rings is 1. The number of amides is 1. The van der Waals surface area contributed by atoms with E-state index < -0.39 is 11.8 Å². The highest BCUT2D eigenvalue weighted by atomic mass is 19.1. The van der Waals surface area contributed by atoms with Crippen LogP contribution in [0, 0.1) is 11.7 Å². The predicted molar refractivity (Wildman–Crippen MR) is 99.5 cm³/mol. The lowest BCUT2D eigenvalue weighted by atomic mass is 9.96. The Kier molecular flexibility index (Phi) is 5.13. The van der Waals surface area contributed by atoms with Crippen molar-refractivity contribution >= 4 is 11.9 Å². The van der Waals surface area contributed by atoms with Crippen molar-refractivity contribution in [3.8, 4) is 0 Å². The average molecular weight is 386 g/mol. The summed E-state index contributed by atoms with van der Waals surface area (Å²) in [5, 5.41) is 10.2. The van der Waals surface area contributed by atoms with Crippen LogP contribution in [0.5, 0.6) is 0 Å². The fourth-order valence-electron chi connectivity index (χ4n) is 3.99. The number of aromatic nitrogens is 2. The van der Waals surface area contributed by atoms with Crippen molar-refractivity contribution in [2.24, 2.45) is 5.92 Å². The molecule has 1 aromatic heterocycles. The molecule has 1 saturated heterocycles. The van der Waals surface area contributed by atoms with Crippen molar-refractivity contribution in [2.75, 3.05) is 26.7 Å². The number of H-pyrrole nitrogens is 1. The van der Waals surface area contributed by atoms with Gasteiger partial charge in [-0.1, -0.05) is 6.07 Å². The van der Waals surface area contributed by atoms with Crippen LogP contribution in [0.4, 0.5) is 4.39 Å². The van der Waals surface area contributed by atoms with E-state index in [1.54, 1.807) is 17.0 Å². The van der Waals surface area contributed by atoms with Crippen molar-refractivity contribution < 1.29 is 18.7 Å². The summed E-state index contributed by atoms with van der Waals surface area (Å²) in [5.74, 6) is -0.930. The number of nitrogens with one attached hydrogen (secondary N) is 2. The number of esters is 1. The van der Waals surface area contributed by atoms with Crippen LogP contribution in [-0.2, 0) is 24.1 Å². The Morgan fingerprint density at radius 1 is 1.39 bits per heavy atom. The first-order valence-corrected chi connectivity index (χ1v) is 9.49. The minimum atomic E-state index is -0.551. The average Bonchev–Trinajstić information content (AvgIpc) is 3.37. The van der Waals surface area contributed by atoms with E-state index in [-0.39, 0.29) is 23.7 Å². The number of hydrogen-bond donors (Lipinski definition) is 2. The largest absolute Gasteiger partial charge is 0.464 e. The van der Waals surface area contributed by atoms with Gasteiger partial charge in [0, 0.05) is 24.2 Å². The maximum atomic E-state index is 14.4. The third-order valence-corrected chi connectivity index (χ3v) is 5.55. The fraction of sp³-hybridized carbons (Fsp3) is 0.450.